The highest BCUT2D eigenvalue weighted by atomic mass is 79.9. The van der Waals surface area contributed by atoms with Crippen LogP contribution in [0.15, 0.2) is 10.5 Å². The number of phenols is 1. The van der Waals surface area contributed by atoms with Crippen molar-refractivity contribution >= 4 is 15.9 Å². The van der Waals surface area contributed by atoms with Gasteiger partial charge in [0.2, 0.25) is 0 Å². The standard InChI is InChI=1S/C17H25BrN2O/c1-20-10-11(9-19)7-15(20)14-8-12-5-3-2-4-6-13(12)16(18)17(14)21/h8,11,15,21H,2-7,9-10,19H2,1H3. The van der Waals surface area contributed by atoms with E-state index in [2.05, 4.69) is 33.9 Å². The molecule has 4 heteroatoms. The first-order valence-corrected chi connectivity index (χ1v) is 8.84. The number of hydrogen-bond acceptors (Lipinski definition) is 3. The number of nitrogens with two attached hydrogens (primary N) is 1. The van der Waals surface area contributed by atoms with E-state index in [1.807, 2.05) is 0 Å². The summed E-state index contributed by atoms with van der Waals surface area (Å²) in [6, 6.07) is 2.56. The van der Waals surface area contributed by atoms with Crippen LogP contribution in [-0.4, -0.2) is 30.1 Å². The molecule has 3 rings (SSSR count). The van der Waals surface area contributed by atoms with Crippen LogP contribution in [0.2, 0.25) is 0 Å². The molecule has 21 heavy (non-hydrogen) atoms. The quantitative estimate of drug-likeness (QED) is 0.802. The van der Waals surface area contributed by atoms with Crippen LogP contribution in [0.3, 0.4) is 0 Å². The largest absolute Gasteiger partial charge is 0.506 e. The monoisotopic (exact) mass is 352 g/mol. The molecule has 0 bridgehead atoms. The molecular formula is C17H25BrN2O. The lowest BCUT2D eigenvalue weighted by molar-refractivity contribution is 0.305. The molecule has 1 aliphatic heterocycles. The lowest BCUT2D eigenvalue weighted by Crippen LogP contribution is -2.20. The van der Waals surface area contributed by atoms with E-state index in [1.165, 1.54) is 30.4 Å². The van der Waals surface area contributed by atoms with Crippen LogP contribution < -0.4 is 5.73 Å². The minimum absolute atomic E-state index is 0.295. The molecule has 1 aliphatic carbocycles. The minimum atomic E-state index is 0.295. The third-order valence-electron chi connectivity index (χ3n) is 5.16. The van der Waals surface area contributed by atoms with Gasteiger partial charge >= 0.3 is 0 Å². The molecule has 2 aliphatic rings. The fourth-order valence-electron chi connectivity index (χ4n) is 3.94. The summed E-state index contributed by atoms with van der Waals surface area (Å²) in [5, 5.41) is 10.7. The number of rotatable bonds is 2. The van der Waals surface area contributed by atoms with E-state index in [9.17, 15) is 5.11 Å². The van der Waals surface area contributed by atoms with E-state index in [4.69, 9.17) is 5.73 Å². The van der Waals surface area contributed by atoms with Crippen molar-refractivity contribution in [3.05, 3.63) is 27.2 Å². The highest BCUT2D eigenvalue weighted by molar-refractivity contribution is 9.10. The van der Waals surface area contributed by atoms with Gasteiger partial charge in [-0.2, -0.15) is 0 Å². The average molecular weight is 353 g/mol. The Morgan fingerprint density at radius 2 is 2.10 bits per heavy atom. The number of benzene rings is 1. The van der Waals surface area contributed by atoms with Gasteiger partial charge in [0.15, 0.2) is 0 Å². The second kappa shape index (κ2) is 6.27. The van der Waals surface area contributed by atoms with Crippen molar-refractivity contribution in [3.63, 3.8) is 0 Å². The number of likely N-dealkylation sites (tertiary alicyclic amines) is 1. The first kappa shape index (κ1) is 15.3. The predicted molar refractivity (Wildman–Crippen MR) is 89.6 cm³/mol. The van der Waals surface area contributed by atoms with Gasteiger partial charge in [0.1, 0.15) is 5.75 Å². The molecule has 0 saturated carbocycles. The number of hydrogen-bond donors (Lipinski definition) is 2. The van der Waals surface area contributed by atoms with Crippen LogP contribution in [0.5, 0.6) is 5.75 Å². The van der Waals surface area contributed by atoms with Gasteiger partial charge in [-0.3, -0.25) is 4.90 Å². The Kier molecular flexibility index (Phi) is 4.57. The van der Waals surface area contributed by atoms with E-state index in [-0.39, 0.29) is 0 Å². The molecule has 3 N–H and O–H groups in total. The first-order chi connectivity index (χ1) is 10.1. The molecule has 0 amide bonds. The summed E-state index contributed by atoms with van der Waals surface area (Å²) < 4.78 is 0.932. The van der Waals surface area contributed by atoms with Gasteiger partial charge in [-0.05, 0) is 78.7 Å². The Labute approximate surface area is 135 Å². The fraction of sp³-hybridized carbons (Fsp3) is 0.647. The van der Waals surface area contributed by atoms with E-state index < -0.39 is 0 Å². The molecule has 116 valence electrons. The maximum absolute atomic E-state index is 10.7. The lowest BCUT2D eigenvalue weighted by Gasteiger charge is -2.23. The first-order valence-electron chi connectivity index (χ1n) is 8.05. The molecule has 0 spiro atoms. The molecule has 1 aromatic rings. The number of aryl methyl sites for hydroxylation is 1. The number of fused-ring (bicyclic) bond motifs is 1. The molecular weight excluding hydrogens is 328 g/mol. The maximum Gasteiger partial charge on any atom is 0.134 e. The number of aromatic hydroxyl groups is 1. The second-order valence-corrected chi connectivity index (χ2v) is 7.41. The Hall–Kier alpha value is -0.580. The highest BCUT2D eigenvalue weighted by Gasteiger charge is 2.32. The summed E-state index contributed by atoms with van der Waals surface area (Å²) in [7, 11) is 2.14. The van der Waals surface area contributed by atoms with E-state index >= 15 is 0 Å². The summed E-state index contributed by atoms with van der Waals surface area (Å²) in [6.07, 6.45) is 7.04. The number of nitrogens with zero attached hydrogens (tertiary/aromatic N) is 1. The zero-order valence-electron chi connectivity index (χ0n) is 12.7. The Bertz CT molecular complexity index is 532. The van der Waals surface area contributed by atoms with Crippen molar-refractivity contribution in [3.8, 4) is 5.75 Å². The van der Waals surface area contributed by atoms with E-state index in [0.29, 0.717) is 17.7 Å². The summed E-state index contributed by atoms with van der Waals surface area (Å²) in [6.45, 7) is 1.75. The second-order valence-electron chi connectivity index (χ2n) is 6.62. The van der Waals surface area contributed by atoms with Crippen molar-refractivity contribution in [2.24, 2.45) is 11.7 Å². The minimum Gasteiger partial charge on any atom is -0.506 e. The topological polar surface area (TPSA) is 49.5 Å². The van der Waals surface area contributed by atoms with Crippen LogP contribution in [0.4, 0.5) is 0 Å². The zero-order valence-corrected chi connectivity index (χ0v) is 14.3. The van der Waals surface area contributed by atoms with Gasteiger partial charge in [0, 0.05) is 18.2 Å². The van der Waals surface area contributed by atoms with Crippen molar-refractivity contribution in [2.45, 2.75) is 44.6 Å². The third kappa shape index (κ3) is 2.86. The zero-order chi connectivity index (χ0) is 15.0. The van der Waals surface area contributed by atoms with Gasteiger partial charge in [0.05, 0.1) is 4.47 Å². The Balaban J connectivity index is 1.99. The fourth-order valence-corrected chi connectivity index (χ4v) is 4.62. The Morgan fingerprint density at radius 1 is 1.33 bits per heavy atom. The smallest absolute Gasteiger partial charge is 0.134 e. The SMILES string of the molecule is CN1CC(CN)CC1c1cc2c(c(Br)c1O)CCCCC2. The average Bonchev–Trinajstić information content (AvgIpc) is 2.70. The molecule has 2 atom stereocenters. The van der Waals surface area contributed by atoms with Crippen molar-refractivity contribution in [1.82, 2.24) is 4.90 Å². The van der Waals surface area contributed by atoms with Crippen LogP contribution >= 0.6 is 15.9 Å². The molecule has 2 unspecified atom stereocenters. The van der Waals surface area contributed by atoms with Crippen molar-refractivity contribution in [1.29, 1.82) is 0 Å². The molecule has 3 nitrogen and oxygen atoms in total. The van der Waals surface area contributed by atoms with Crippen molar-refractivity contribution in [2.75, 3.05) is 20.1 Å². The molecule has 0 aromatic heterocycles. The third-order valence-corrected chi connectivity index (χ3v) is 6.02. The lowest BCUT2D eigenvalue weighted by atomic mass is 9.93. The van der Waals surface area contributed by atoms with Gasteiger partial charge in [-0.25, -0.2) is 0 Å². The summed E-state index contributed by atoms with van der Waals surface area (Å²) in [5.74, 6) is 0.988. The molecule has 1 fully saturated rings. The highest BCUT2D eigenvalue weighted by Crippen LogP contribution is 2.44. The van der Waals surface area contributed by atoms with Crippen LogP contribution in [0.25, 0.3) is 0 Å². The number of phenolic OH excluding ortho intramolecular Hbond substituents is 1. The van der Waals surface area contributed by atoms with E-state index in [0.717, 1.165) is 42.4 Å². The maximum atomic E-state index is 10.7. The summed E-state index contributed by atoms with van der Waals surface area (Å²) in [4.78, 5) is 2.34. The van der Waals surface area contributed by atoms with Gasteiger partial charge in [-0.1, -0.05) is 12.5 Å². The van der Waals surface area contributed by atoms with Crippen molar-refractivity contribution < 1.29 is 5.11 Å². The van der Waals surface area contributed by atoms with Gasteiger partial charge < -0.3 is 10.8 Å². The molecule has 0 radical (unpaired) electrons. The molecule has 1 aromatic carbocycles. The van der Waals surface area contributed by atoms with Crippen LogP contribution in [0, 0.1) is 5.92 Å². The van der Waals surface area contributed by atoms with Gasteiger partial charge in [0.25, 0.3) is 0 Å². The van der Waals surface area contributed by atoms with E-state index in [1.54, 1.807) is 0 Å². The normalized spacial score (nSPS) is 26.6. The Morgan fingerprint density at radius 3 is 2.81 bits per heavy atom. The molecule has 1 heterocycles. The predicted octanol–water partition coefficient (Wildman–Crippen LogP) is 3.38. The van der Waals surface area contributed by atoms with Crippen LogP contribution in [0.1, 0.15) is 48.4 Å². The summed E-state index contributed by atoms with van der Waals surface area (Å²) in [5.41, 5.74) is 9.67. The summed E-state index contributed by atoms with van der Waals surface area (Å²) >= 11 is 3.66. The van der Waals surface area contributed by atoms with Gasteiger partial charge in [-0.15, -0.1) is 0 Å². The van der Waals surface area contributed by atoms with Crippen LogP contribution in [-0.2, 0) is 12.8 Å². The molecule has 1 saturated heterocycles. The number of halogens is 1.